The molecule has 3 heterocycles. The van der Waals surface area contributed by atoms with E-state index in [4.69, 9.17) is 14.7 Å². The van der Waals surface area contributed by atoms with Crippen LogP contribution in [0.5, 0.6) is 0 Å². The molecule has 1 amide bonds. The van der Waals surface area contributed by atoms with Crippen molar-refractivity contribution in [3.63, 3.8) is 0 Å². The van der Waals surface area contributed by atoms with Crippen molar-refractivity contribution >= 4 is 17.5 Å². The second kappa shape index (κ2) is 9.38. The van der Waals surface area contributed by atoms with Gasteiger partial charge in [-0.25, -0.2) is 9.97 Å². The van der Waals surface area contributed by atoms with Crippen LogP contribution in [0.1, 0.15) is 60.3 Å². The summed E-state index contributed by atoms with van der Waals surface area (Å²) in [5.41, 5.74) is 7.03. The lowest BCUT2D eigenvalue weighted by molar-refractivity contribution is 0.0350. The van der Waals surface area contributed by atoms with Crippen molar-refractivity contribution < 1.29 is 9.53 Å². The number of aromatic nitrogens is 3. The number of hydrogen-bond acceptors (Lipinski definition) is 6. The molecule has 0 spiro atoms. The number of piperidine rings is 1. The Labute approximate surface area is 207 Å². The zero-order valence-corrected chi connectivity index (χ0v) is 21.0. The molecule has 1 aliphatic carbocycles. The molecule has 0 bridgehead atoms. The number of amides is 1. The van der Waals surface area contributed by atoms with Gasteiger partial charge in [0.05, 0.1) is 11.8 Å². The normalized spacial score (nSPS) is 17.3. The van der Waals surface area contributed by atoms with E-state index in [9.17, 15) is 4.79 Å². The molecule has 1 aliphatic heterocycles. The Balaban J connectivity index is 1.32. The number of aryl methyl sites for hydroxylation is 2. The number of rotatable bonds is 5. The molecular formula is C28H33N5O2. The molecule has 1 fully saturated rings. The van der Waals surface area contributed by atoms with Crippen LogP contribution in [0.15, 0.2) is 42.7 Å². The number of fused-ring (bicyclic) bond motifs is 1. The number of hydrogen-bond donors (Lipinski definition) is 1. The third kappa shape index (κ3) is 4.78. The van der Waals surface area contributed by atoms with Crippen LogP contribution in [0.2, 0.25) is 0 Å². The van der Waals surface area contributed by atoms with E-state index in [2.05, 4.69) is 30.2 Å². The predicted octanol–water partition coefficient (Wildman–Crippen LogP) is 5.07. The van der Waals surface area contributed by atoms with E-state index in [1.54, 1.807) is 13.3 Å². The topological polar surface area (TPSA) is 80.2 Å². The fourth-order valence-corrected chi connectivity index (χ4v) is 5.10. The molecule has 2 aliphatic rings. The average molecular weight is 472 g/mol. The summed E-state index contributed by atoms with van der Waals surface area (Å²) in [6.45, 7) is 8.00. The van der Waals surface area contributed by atoms with Crippen LogP contribution in [0.25, 0.3) is 11.3 Å². The van der Waals surface area contributed by atoms with E-state index in [0.29, 0.717) is 11.5 Å². The molecule has 0 radical (unpaired) electrons. The average Bonchev–Trinajstić information content (AvgIpc) is 3.19. The standard InChI is InChI=1S/C28H33N5O2/c1-18-15-19(26(34)33-13-9-21(35-4)10-14-33)5-6-23(18)31-27-29-12-8-24(32-27)20-16-22-25(30-17-20)7-11-28(22,2)3/h5-6,8,12,15-17,21H,7,9-11,13-14H2,1-4H3,(H,29,31,32). The van der Waals surface area contributed by atoms with Gasteiger partial charge >= 0.3 is 0 Å². The lowest BCUT2D eigenvalue weighted by atomic mass is 9.86. The van der Waals surface area contributed by atoms with E-state index in [1.807, 2.05) is 42.3 Å². The number of nitrogens with one attached hydrogen (secondary N) is 1. The van der Waals surface area contributed by atoms with Gasteiger partial charge in [0.1, 0.15) is 0 Å². The van der Waals surface area contributed by atoms with E-state index in [1.165, 1.54) is 11.3 Å². The highest BCUT2D eigenvalue weighted by Crippen LogP contribution is 2.38. The number of carbonyl (C=O) groups is 1. The van der Waals surface area contributed by atoms with Crippen LogP contribution < -0.4 is 5.32 Å². The van der Waals surface area contributed by atoms with Gasteiger partial charge in [0, 0.05) is 55.1 Å². The first kappa shape index (κ1) is 23.4. The Morgan fingerprint density at radius 3 is 2.69 bits per heavy atom. The zero-order chi connectivity index (χ0) is 24.6. The number of anilines is 2. The molecule has 1 N–H and O–H groups in total. The molecular weight excluding hydrogens is 438 g/mol. The largest absolute Gasteiger partial charge is 0.381 e. The van der Waals surface area contributed by atoms with Crippen molar-refractivity contribution in [2.24, 2.45) is 0 Å². The number of likely N-dealkylation sites (tertiary alicyclic amines) is 1. The van der Waals surface area contributed by atoms with Crippen LogP contribution in [0.3, 0.4) is 0 Å². The van der Waals surface area contributed by atoms with Gasteiger partial charge in [-0.1, -0.05) is 13.8 Å². The maximum absolute atomic E-state index is 13.0. The van der Waals surface area contributed by atoms with Gasteiger partial charge < -0.3 is 15.0 Å². The zero-order valence-electron chi connectivity index (χ0n) is 21.0. The van der Waals surface area contributed by atoms with Crippen LogP contribution in [0.4, 0.5) is 11.6 Å². The maximum Gasteiger partial charge on any atom is 0.253 e. The molecule has 182 valence electrons. The molecule has 0 saturated carbocycles. The van der Waals surface area contributed by atoms with E-state index in [0.717, 1.165) is 61.3 Å². The Morgan fingerprint density at radius 1 is 1.14 bits per heavy atom. The first-order valence-electron chi connectivity index (χ1n) is 12.4. The Kier molecular flexibility index (Phi) is 6.28. The van der Waals surface area contributed by atoms with Crippen molar-refractivity contribution in [3.8, 4) is 11.3 Å². The molecule has 1 aromatic carbocycles. The molecule has 0 atom stereocenters. The summed E-state index contributed by atoms with van der Waals surface area (Å²) in [5.74, 6) is 0.588. The minimum Gasteiger partial charge on any atom is -0.381 e. The first-order valence-corrected chi connectivity index (χ1v) is 12.4. The van der Waals surface area contributed by atoms with Crippen LogP contribution in [0, 0.1) is 6.92 Å². The van der Waals surface area contributed by atoms with Gasteiger partial charge in [-0.2, -0.15) is 0 Å². The van der Waals surface area contributed by atoms with E-state index >= 15 is 0 Å². The van der Waals surface area contributed by atoms with Crippen molar-refractivity contribution in [1.82, 2.24) is 19.9 Å². The van der Waals surface area contributed by atoms with Gasteiger partial charge in [-0.15, -0.1) is 0 Å². The third-order valence-electron chi connectivity index (χ3n) is 7.42. The van der Waals surface area contributed by atoms with Crippen molar-refractivity contribution in [1.29, 1.82) is 0 Å². The molecule has 35 heavy (non-hydrogen) atoms. The first-order chi connectivity index (χ1) is 16.8. The van der Waals surface area contributed by atoms with Gasteiger partial charge in [-0.3, -0.25) is 9.78 Å². The van der Waals surface area contributed by atoms with Crippen LogP contribution >= 0.6 is 0 Å². The number of benzene rings is 1. The van der Waals surface area contributed by atoms with Crippen molar-refractivity contribution in [3.05, 3.63) is 65.1 Å². The van der Waals surface area contributed by atoms with E-state index < -0.39 is 0 Å². The van der Waals surface area contributed by atoms with Gasteiger partial charge in [0.15, 0.2) is 0 Å². The number of pyridine rings is 1. The van der Waals surface area contributed by atoms with Crippen molar-refractivity contribution in [2.75, 3.05) is 25.5 Å². The molecule has 1 saturated heterocycles. The highest BCUT2D eigenvalue weighted by Gasteiger charge is 2.31. The van der Waals surface area contributed by atoms with Crippen LogP contribution in [-0.2, 0) is 16.6 Å². The smallest absolute Gasteiger partial charge is 0.253 e. The summed E-state index contributed by atoms with van der Waals surface area (Å²) < 4.78 is 5.42. The predicted molar refractivity (Wildman–Crippen MR) is 137 cm³/mol. The summed E-state index contributed by atoms with van der Waals surface area (Å²) in [4.78, 5) is 28.8. The third-order valence-corrected chi connectivity index (χ3v) is 7.42. The number of carbonyl (C=O) groups excluding carboxylic acids is 1. The fraction of sp³-hybridized carbons (Fsp3) is 0.429. The van der Waals surface area contributed by atoms with Gasteiger partial charge in [-0.05, 0) is 79.5 Å². The lowest BCUT2D eigenvalue weighted by Crippen LogP contribution is -2.40. The maximum atomic E-state index is 13.0. The monoisotopic (exact) mass is 471 g/mol. The Hall–Kier alpha value is -3.32. The molecule has 5 rings (SSSR count). The molecule has 7 heteroatoms. The molecule has 2 aromatic heterocycles. The summed E-state index contributed by atoms with van der Waals surface area (Å²) in [5, 5.41) is 3.33. The summed E-state index contributed by atoms with van der Waals surface area (Å²) in [7, 11) is 1.74. The van der Waals surface area contributed by atoms with Crippen molar-refractivity contribution in [2.45, 2.75) is 58.0 Å². The van der Waals surface area contributed by atoms with Crippen LogP contribution in [-0.4, -0.2) is 52.1 Å². The van der Waals surface area contributed by atoms with Gasteiger partial charge in [0.2, 0.25) is 5.95 Å². The van der Waals surface area contributed by atoms with Gasteiger partial charge in [0.25, 0.3) is 5.91 Å². The minimum absolute atomic E-state index is 0.0690. The summed E-state index contributed by atoms with van der Waals surface area (Å²) in [6, 6.07) is 9.88. The highest BCUT2D eigenvalue weighted by atomic mass is 16.5. The summed E-state index contributed by atoms with van der Waals surface area (Å²) >= 11 is 0. The SMILES string of the molecule is COC1CCN(C(=O)c2ccc(Nc3nccc(-c4cnc5c(c4)C(C)(C)CC5)n3)c(C)c2)CC1. The fourth-order valence-electron chi connectivity index (χ4n) is 5.10. The second-order valence-corrected chi connectivity index (χ2v) is 10.2. The highest BCUT2D eigenvalue weighted by molar-refractivity contribution is 5.95. The number of nitrogens with zero attached hydrogens (tertiary/aromatic N) is 4. The minimum atomic E-state index is 0.0690. The Morgan fingerprint density at radius 2 is 1.94 bits per heavy atom. The molecule has 0 unspecified atom stereocenters. The number of methoxy groups -OCH3 is 1. The molecule has 3 aromatic rings. The summed E-state index contributed by atoms with van der Waals surface area (Å²) in [6.07, 6.45) is 7.84. The van der Waals surface area contributed by atoms with E-state index in [-0.39, 0.29) is 17.4 Å². The molecule has 7 nitrogen and oxygen atoms in total. The number of ether oxygens (including phenoxy) is 1. The lowest BCUT2D eigenvalue weighted by Gasteiger charge is -2.31. The quantitative estimate of drug-likeness (QED) is 0.560. The second-order valence-electron chi connectivity index (χ2n) is 10.2. The Bertz CT molecular complexity index is 1250.